The van der Waals surface area contributed by atoms with Crippen LogP contribution < -0.4 is 0 Å². The average molecular weight is 566 g/mol. The van der Waals surface area contributed by atoms with Gasteiger partial charge in [0.1, 0.15) is 14.2 Å². The van der Waals surface area contributed by atoms with E-state index in [4.69, 9.17) is 17.3 Å². The second-order valence-corrected chi connectivity index (χ2v) is 14.9. The molecule has 2 aromatic carbocycles. The summed E-state index contributed by atoms with van der Waals surface area (Å²) in [4.78, 5) is 18.0. The molecule has 3 atom stereocenters. The summed E-state index contributed by atoms with van der Waals surface area (Å²) >= 11 is 0. The van der Waals surface area contributed by atoms with Gasteiger partial charge < -0.3 is 14.4 Å². The first-order valence-electron chi connectivity index (χ1n) is 14.1. The topological polar surface area (TPSA) is 65.6 Å². The smallest absolute Gasteiger partial charge is 0.241 e. The average Bonchev–Trinajstić information content (AvgIpc) is 2.93. The van der Waals surface area contributed by atoms with E-state index in [9.17, 15) is 9.36 Å². The lowest BCUT2D eigenvalue weighted by Gasteiger charge is -2.44. The Morgan fingerprint density at radius 3 is 2.05 bits per heavy atom. The van der Waals surface area contributed by atoms with Gasteiger partial charge >= 0.3 is 0 Å². The summed E-state index contributed by atoms with van der Waals surface area (Å²) in [5, 5.41) is 0. The largest absolute Gasteiger partial charge is 0.380 e. The first-order chi connectivity index (χ1) is 19.0. The number of hydrogen-bond donors (Lipinski definition) is 0. The zero-order chi connectivity index (χ0) is 28.9. The van der Waals surface area contributed by atoms with E-state index < -0.39 is 7.44 Å². The predicted molar refractivity (Wildman–Crippen MR) is 161 cm³/mol. The summed E-state index contributed by atoms with van der Waals surface area (Å²) in [5.41, 5.74) is 1.93. The number of rotatable bonds is 9. The highest BCUT2D eigenvalue weighted by Crippen LogP contribution is 2.51. The van der Waals surface area contributed by atoms with Gasteiger partial charge in [0.05, 0.1) is 18.6 Å². The lowest BCUT2D eigenvalue weighted by Crippen LogP contribution is -2.56. The predicted octanol–water partition coefficient (Wildman–Crippen LogP) is 3.69. The highest BCUT2D eigenvalue weighted by atomic mass is 31.2. The van der Waals surface area contributed by atoms with Crippen LogP contribution in [-0.2, 0) is 18.8 Å². The third-order valence-corrected chi connectivity index (χ3v) is 10.9. The number of hydrogen-bond acceptors (Lipinski definition) is 5. The molecule has 0 spiro atoms. The summed E-state index contributed by atoms with van der Waals surface area (Å²) < 4.78 is 29.9. The van der Waals surface area contributed by atoms with E-state index in [1.807, 2.05) is 84.3 Å². The molecule has 1 amide bonds. The fourth-order valence-corrected chi connectivity index (χ4v) is 7.49. The molecule has 0 aliphatic carbocycles. The SMILES string of the molecule is [B]C1CN(C(C)(C)C)CC(COCP(=O)(N(C)C)N2CCN(C(=O)C(c3ccccc3)c3ccccc3)CC2)O1. The van der Waals surface area contributed by atoms with Gasteiger partial charge in [0.15, 0.2) is 0 Å². The first kappa shape index (κ1) is 31.0. The number of morpholine rings is 1. The second-order valence-electron chi connectivity index (χ2n) is 11.9. The fraction of sp³-hybridized carbons (Fsp3) is 0.567. The van der Waals surface area contributed by atoms with Gasteiger partial charge in [0, 0.05) is 50.8 Å². The van der Waals surface area contributed by atoms with Crippen LogP contribution in [0, 0.1) is 0 Å². The van der Waals surface area contributed by atoms with Gasteiger partial charge in [0.25, 0.3) is 0 Å². The van der Waals surface area contributed by atoms with Gasteiger partial charge in [-0.05, 0) is 46.0 Å². The summed E-state index contributed by atoms with van der Waals surface area (Å²) in [6, 6.07) is 19.5. The Bertz CT molecular complexity index is 1100. The Kier molecular flexibility index (Phi) is 10.3. The van der Waals surface area contributed by atoms with Crippen LogP contribution in [0.1, 0.15) is 37.8 Å². The second kappa shape index (κ2) is 13.3. The Hall–Kier alpha value is -2.00. The van der Waals surface area contributed by atoms with E-state index in [2.05, 4.69) is 25.7 Å². The molecule has 2 aliphatic rings. The molecule has 0 aromatic heterocycles. The van der Waals surface area contributed by atoms with Crippen LogP contribution in [0.2, 0.25) is 0 Å². The monoisotopic (exact) mass is 566 g/mol. The van der Waals surface area contributed by atoms with E-state index in [-0.39, 0.29) is 35.8 Å². The van der Waals surface area contributed by atoms with E-state index in [1.165, 1.54) is 0 Å². The molecule has 0 bridgehead atoms. The first-order valence-corrected chi connectivity index (χ1v) is 15.9. The third-order valence-electron chi connectivity index (χ3n) is 7.85. The van der Waals surface area contributed by atoms with Crippen molar-refractivity contribution in [3.05, 3.63) is 71.8 Å². The summed E-state index contributed by atoms with van der Waals surface area (Å²) in [7, 11) is 6.82. The van der Waals surface area contributed by atoms with E-state index >= 15 is 0 Å². The zero-order valence-electron chi connectivity index (χ0n) is 24.6. The van der Waals surface area contributed by atoms with Crippen molar-refractivity contribution >= 4 is 21.2 Å². The van der Waals surface area contributed by atoms with Crippen LogP contribution in [0.5, 0.6) is 0 Å². The molecule has 8 nitrogen and oxygen atoms in total. The van der Waals surface area contributed by atoms with Crippen LogP contribution in [-0.4, -0.2) is 117 Å². The van der Waals surface area contributed by atoms with Gasteiger partial charge in [0.2, 0.25) is 13.4 Å². The maximum atomic E-state index is 14.2. The van der Waals surface area contributed by atoms with Crippen molar-refractivity contribution in [2.75, 3.05) is 66.3 Å². The molecule has 2 radical (unpaired) electrons. The lowest BCUT2D eigenvalue weighted by molar-refractivity contribution is -0.133. The van der Waals surface area contributed by atoms with Crippen molar-refractivity contribution in [3.63, 3.8) is 0 Å². The molecule has 3 unspecified atom stereocenters. The van der Waals surface area contributed by atoms with Gasteiger partial charge in [-0.15, -0.1) is 0 Å². The highest BCUT2D eigenvalue weighted by Gasteiger charge is 2.39. The van der Waals surface area contributed by atoms with Crippen molar-refractivity contribution in [2.24, 2.45) is 0 Å². The van der Waals surface area contributed by atoms with Crippen molar-refractivity contribution in [2.45, 2.75) is 44.3 Å². The number of carbonyl (C=O) groups is 1. The fourth-order valence-electron chi connectivity index (χ4n) is 5.44. The minimum absolute atomic E-state index is 0.0181. The number of benzene rings is 2. The van der Waals surface area contributed by atoms with Crippen molar-refractivity contribution < 1.29 is 18.8 Å². The molecule has 0 saturated carbocycles. The number of amides is 1. The zero-order valence-corrected chi connectivity index (χ0v) is 25.5. The Labute approximate surface area is 241 Å². The maximum Gasteiger partial charge on any atom is 0.241 e. The Balaban J connectivity index is 1.37. The molecular formula is C30H44BN4O4P. The Morgan fingerprint density at radius 2 is 1.55 bits per heavy atom. The van der Waals surface area contributed by atoms with Gasteiger partial charge in [-0.3, -0.25) is 14.3 Å². The number of nitrogens with zero attached hydrogens (tertiary/aromatic N) is 4. The summed E-state index contributed by atoms with van der Waals surface area (Å²) in [6.07, 6.45) is -0.0872. The lowest BCUT2D eigenvalue weighted by atomic mass is 9.90. The summed E-state index contributed by atoms with van der Waals surface area (Å²) in [6.45, 7) is 10.3. The minimum Gasteiger partial charge on any atom is -0.380 e. The van der Waals surface area contributed by atoms with Gasteiger partial charge in [-0.25, -0.2) is 9.34 Å². The molecule has 2 heterocycles. The maximum absolute atomic E-state index is 14.2. The van der Waals surface area contributed by atoms with E-state index in [0.29, 0.717) is 45.9 Å². The van der Waals surface area contributed by atoms with Crippen LogP contribution in [0.15, 0.2) is 60.7 Å². The number of ether oxygens (including phenoxy) is 2. The molecule has 2 fully saturated rings. The Morgan fingerprint density at radius 1 is 1.00 bits per heavy atom. The molecule has 4 rings (SSSR count). The van der Waals surface area contributed by atoms with Crippen LogP contribution in [0.25, 0.3) is 0 Å². The standard InChI is InChI=1S/C30H44BN4O4P/c1-30(2,3)34-20-26(39-27(31)21-34)22-38-23-40(37,32(4)5)35-18-16-33(17-19-35)29(36)28(24-12-8-6-9-13-24)25-14-10-7-11-15-25/h6-15,26-28H,16-23H2,1-5H3. The molecule has 2 saturated heterocycles. The molecule has 216 valence electrons. The van der Waals surface area contributed by atoms with Gasteiger partial charge in [-0.1, -0.05) is 60.7 Å². The van der Waals surface area contributed by atoms with Crippen molar-refractivity contribution in [3.8, 4) is 0 Å². The van der Waals surface area contributed by atoms with Crippen molar-refractivity contribution in [1.29, 1.82) is 0 Å². The summed E-state index contributed by atoms with van der Waals surface area (Å²) in [5.74, 6) is -0.297. The molecule has 0 N–H and O–H groups in total. The normalized spacial score (nSPS) is 22.9. The van der Waals surface area contributed by atoms with Crippen molar-refractivity contribution in [1.82, 2.24) is 19.1 Å². The quantitative estimate of drug-likeness (QED) is 0.339. The third kappa shape index (κ3) is 7.44. The number of carbonyl (C=O) groups excluding carboxylic acids is 1. The van der Waals surface area contributed by atoms with Crippen LogP contribution in [0.4, 0.5) is 0 Å². The molecule has 2 aliphatic heterocycles. The highest BCUT2D eigenvalue weighted by molar-refractivity contribution is 7.58. The molecular weight excluding hydrogens is 522 g/mol. The number of piperazine rings is 1. The minimum atomic E-state index is -2.99. The van der Waals surface area contributed by atoms with Gasteiger partial charge in [-0.2, -0.15) is 0 Å². The van der Waals surface area contributed by atoms with Crippen LogP contribution in [0.3, 0.4) is 0 Å². The molecule has 10 heteroatoms. The van der Waals surface area contributed by atoms with E-state index in [1.54, 1.807) is 4.67 Å². The van der Waals surface area contributed by atoms with E-state index in [0.717, 1.165) is 11.1 Å². The molecule has 40 heavy (non-hydrogen) atoms. The van der Waals surface area contributed by atoms with Crippen LogP contribution >= 0.6 is 7.44 Å². The molecule has 2 aromatic rings.